The molecule has 0 aliphatic carbocycles. The number of nitrogens with zero attached hydrogens (tertiary/aromatic N) is 4. The van der Waals surface area contributed by atoms with Crippen LogP contribution in [0, 0.1) is 5.82 Å². The van der Waals surface area contributed by atoms with Gasteiger partial charge in [0, 0.05) is 64.1 Å². The zero-order valence-electron chi connectivity index (χ0n) is 19.0. The molecule has 0 unspecified atom stereocenters. The molecule has 7 nitrogen and oxygen atoms in total. The monoisotopic (exact) mass is 452 g/mol. The van der Waals surface area contributed by atoms with Crippen LogP contribution in [-0.4, -0.2) is 78.7 Å². The molecule has 2 aliphatic heterocycles. The average Bonchev–Trinajstić information content (AvgIpc) is 2.82. The van der Waals surface area contributed by atoms with Crippen LogP contribution in [-0.2, 0) is 16.1 Å². The lowest BCUT2D eigenvalue weighted by Gasteiger charge is -2.42. The van der Waals surface area contributed by atoms with Crippen LogP contribution >= 0.6 is 0 Å². The van der Waals surface area contributed by atoms with E-state index in [0.29, 0.717) is 50.1 Å². The molecule has 2 aromatic carbocycles. The summed E-state index contributed by atoms with van der Waals surface area (Å²) in [6.07, 6.45) is 1.29. The molecular weight excluding hydrogens is 423 g/mol. The summed E-state index contributed by atoms with van der Waals surface area (Å²) in [5.74, 6) is -1.44. The van der Waals surface area contributed by atoms with E-state index in [4.69, 9.17) is 0 Å². The standard InChI is InChI=1S/C25H29FN4O3/c1-27(2)21-8-6-19(7-9-21)23(31)28-12-10-22(11-13-28)30-15-14-29(24(32)25(30)33)17-18-4-3-5-20(26)16-18/h3-9,16,22H,10-15,17H2,1-2H3. The largest absolute Gasteiger partial charge is 0.378 e. The van der Waals surface area contributed by atoms with Crippen LogP contribution in [0.2, 0.25) is 0 Å². The van der Waals surface area contributed by atoms with Crippen LogP contribution in [0.25, 0.3) is 0 Å². The van der Waals surface area contributed by atoms with Crippen molar-refractivity contribution in [1.29, 1.82) is 0 Å². The third-order valence-corrected chi connectivity index (χ3v) is 6.43. The molecule has 8 heteroatoms. The maximum atomic E-state index is 13.4. The number of halogens is 1. The number of rotatable bonds is 5. The summed E-state index contributed by atoms with van der Waals surface area (Å²) >= 11 is 0. The maximum Gasteiger partial charge on any atom is 0.312 e. The van der Waals surface area contributed by atoms with Gasteiger partial charge in [-0.25, -0.2) is 4.39 Å². The van der Waals surface area contributed by atoms with Gasteiger partial charge in [0.2, 0.25) is 0 Å². The van der Waals surface area contributed by atoms with E-state index in [1.165, 1.54) is 17.0 Å². The van der Waals surface area contributed by atoms with Crippen molar-refractivity contribution in [3.63, 3.8) is 0 Å². The lowest BCUT2D eigenvalue weighted by atomic mass is 10.0. The van der Waals surface area contributed by atoms with Crippen molar-refractivity contribution >= 4 is 23.4 Å². The molecule has 3 amide bonds. The van der Waals surface area contributed by atoms with Crippen molar-refractivity contribution in [1.82, 2.24) is 14.7 Å². The SMILES string of the molecule is CN(C)c1ccc(C(=O)N2CCC(N3CCN(Cc4cccc(F)c4)C(=O)C3=O)CC2)cc1. The first-order chi connectivity index (χ1) is 15.8. The first-order valence-electron chi connectivity index (χ1n) is 11.2. The molecule has 0 radical (unpaired) electrons. The van der Waals surface area contributed by atoms with Crippen molar-refractivity contribution in [3.8, 4) is 0 Å². The van der Waals surface area contributed by atoms with E-state index < -0.39 is 11.8 Å². The smallest absolute Gasteiger partial charge is 0.312 e. The lowest BCUT2D eigenvalue weighted by Crippen LogP contribution is -2.59. The fourth-order valence-electron chi connectivity index (χ4n) is 4.51. The second-order valence-electron chi connectivity index (χ2n) is 8.82. The highest BCUT2D eigenvalue weighted by molar-refractivity contribution is 6.35. The van der Waals surface area contributed by atoms with E-state index in [2.05, 4.69) is 0 Å². The molecule has 174 valence electrons. The number of benzene rings is 2. The highest BCUT2D eigenvalue weighted by Crippen LogP contribution is 2.22. The van der Waals surface area contributed by atoms with Crippen molar-refractivity contribution in [2.24, 2.45) is 0 Å². The van der Waals surface area contributed by atoms with Crippen molar-refractivity contribution in [3.05, 3.63) is 65.5 Å². The minimum atomic E-state index is -0.551. The quantitative estimate of drug-likeness (QED) is 0.654. The molecule has 4 rings (SSSR count). The summed E-state index contributed by atoms with van der Waals surface area (Å²) in [5, 5.41) is 0. The number of carbonyl (C=O) groups is 3. The Labute approximate surface area is 193 Å². The van der Waals surface area contributed by atoms with Gasteiger partial charge in [-0.05, 0) is 54.8 Å². The Hall–Kier alpha value is -3.42. The van der Waals surface area contributed by atoms with Gasteiger partial charge in [0.25, 0.3) is 5.91 Å². The molecule has 2 saturated heterocycles. The van der Waals surface area contributed by atoms with Crippen LogP contribution in [0.4, 0.5) is 10.1 Å². The molecular formula is C25H29FN4O3. The van der Waals surface area contributed by atoms with Crippen LogP contribution in [0.5, 0.6) is 0 Å². The van der Waals surface area contributed by atoms with Gasteiger partial charge in [-0.15, -0.1) is 0 Å². The minimum Gasteiger partial charge on any atom is -0.378 e. The Morgan fingerprint density at radius 2 is 1.67 bits per heavy atom. The zero-order valence-corrected chi connectivity index (χ0v) is 19.0. The van der Waals surface area contributed by atoms with Gasteiger partial charge in [-0.3, -0.25) is 14.4 Å². The summed E-state index contributed by atoms with van der Waals surface area (Å²) in [7, 11) is 3.91. The molecule has 0 atom stereocenters. The van der Waals surface area contributed by atoms with Crippen molar-refractivity contribution in [2.45, 2.75) is 25.4 Å². The molecule has 2 fully saturated rings. The summed E-state index contributed by atoms with van der Waals surface area (Å²) in [5.41, 5.74) is 2.34. The molecule has 0 saturated carbocycles. The number of anilines is 1. The predicted octanol–water partition coefficient (Wildman–Crippen LogP) is 2.37. The number of likely N-dealkylation sites (tertiary alicyclic amines) is 1. The van der Waals surface area contributed by atoms with E-state index in [1.54, 1.807) is 17.0 Å². The second kappa shape index (κ2) is 9.60. The first kappa shape index (κ1) is 22.8. The van der Waals surface area contributed by atoms with Crippen LogP contribution in [0.1, 0.15) is 28.8 Å². The molecule has 2 aliphatic rings. The summed E-state index contributed by atoms with van der Waals surface area (Å²) < 4.78 is 13.4. The Balaban J connectivity index is 1.32. The number of piperidine rings is 1. The molecule has 2 aromatic rings. The van der Waals surface area contributed by atoms with Crippen LogP contribution in [0.15, 0.2) is 48.5 Å². The Morgan fingerprint density at radius 3 is 2.30 bits per heavy atom. The fourth-order valence-corrected chi connectivity index (χ4v) is 4.51. The third-order valence-electron chi connectivity index (χ3n) is 6.43. The topological polar surface area (TPSA) is 64.2 Å². The Morgan fingerprint density at radius 1 is 0.970 bits per heavy atom. The summed E-state index contributed by atoms with van der Waals surface area (Å²) in [6, 6.07) is 13.5. The lowest BCUT2D eigenvalue weighted by molar-refractivity contribution is -0.158. The maximum absolute atomic E-state index is 13.4. The van der Waals surface area contributed by atoms with Gasteiger partial charge in [-0.2, -0.15) is 0 Å². The fraction of sp³-hybridized carbons (Fsp3) is 0.400. The van der Waals surface area contributed by atoms with E-state index in [0.717, 1.165) is 5.69 Å². The zero-order chi connectivity index (χ0) is 23.5. The van der Waals surface area contributed by atoms with Gasteiger partial charge in [-0.1, -0.05) is 12.1 Å². The highest BCUT2D eigenvalue weighted by Gasteiger charge is 2.38. The highest BCUT2D eigenvalue weighted by atomic mass is 19.1. The molecule has 2 heterocycles. The minimum absolute atomic E-state index is 0.0129. The number of piperazine rings is 1. The summed E-state index contributed by atoms with van der Waals surface area (Å²) in [4.78, 5) is 45.3. The van der Waals surface area contributed by atoms with Gasteiger partial charge >= 0.3 is 11.8 Å². The third kappa shape index (κ3) is 4.99. The molecule has 0 aromatic heterocycles. The Bertz CT molecular complexity index is 1030. The Kier molecular flexibility index (Phi) is 6.62. The number of amides is 3. The van der Waals surface area contributed by atoms with Crippen molar-refractivity contribution < 1.29 is 18.8 Å². The van der Waals surface area contributed by atoms with E-state index in [9.17, 15) is 18.8 Å². The normalized spacial score (nSPS) is 17.5. The van der Waals surface area contributed by atoms with Crippen LogP contribution < -0.4 is 4.90 Å². The summed E-state index contributed by atoms with van der Waals surface area (Å²) in [6.45, 7) is 2.17. The van der Waals surface area contributed by atoms with Gasteiger partial charge in [0.15, 0.2) is 0 Å². The van der Waals surface area contributed by atoms with E-state index in [1.807, 2.05) is 48.2 Å². The molecule has 33 heavy (non-hydrogen) atoms. The second-order valence-corrected chi connectivity index (χ2v) is 8.82. The number of hydrogen-bond donors (Lipinski definition) is 0. The predicted molar refractivity (Wildman–Crippen MR) is 123 cm³/mol. The molecule has 0 N–H and O–H groups in total. The van der Waals surface area contributed by atoms with E-state index in [-0.39, 0.29) is 24.3 Å². The average molecular weight is 453 g/mol. The van der Waals surface area contributed by atoms with Gasteiger partial charge in [0.1, 0.15) is 5.82 Å². The molecule has 0 spiro atoms. The van der Waals surface area contributed by atoms with E-state index >= 15 is 0 Å². The van der Waals surface area contributed by atoms with Gasteiger partial charge in [0.05, 0.1) is 0 Å². The van der Waals surface area contributed by atoms with Crippen molar-refractivity contribution in [2.75, 3.05) is 45.2 Å². The first-order valence-corrected chi connectivity index (χ1v) is 11.2. The van der Waals surface area contributed by atoms with Gasteiger partial charge < -0.3 is 19.6 Å². The number of hydrogen-bond acceptors (Lipinski definition) is 4. The molecule has 0 bridgehead atoms. The number of carbonyl (C=O) groups excluding carboxylic acids is 3. The van der Waals surface area contributed by atoms with Crippen LogP contribution in [0.3, 0.4) is 0 Å².